The van der Waals surface area contributed by atoms with E-state index in [9.17, 15) is 0 Å². The van der Waals surface area contributed by atoms with E-state index in [1.165, 1.54) is 19.3 Å². The van der Waals surface area contributed by atoms with Crippen molar-refractivity contribution >= 4 is 11.8 Å². The van der Waals surface area contributed by atoms with Crippen LogP contribution in [0.1, 0.15) is 19.3 Å². The highest BCUT2D eigenvalue weighted by molar-refractivity contribution is 6.13. The van der Waals surface area contributed by atoms with Gasteiger partial charge in [0.15, 0.2) is 0 Å². The third-order valence-electron chi connectivity index (χ3n) is 1.59. The first-order chi connectivity index (χ1) is 3.43. The van der Waals surface area contributed by atoms with Crippen LogP contribution in [0.25, 0.3) is 0 Å². The fraction of sp³-hybridized carbons (Fsp3) is 1.00. The molecule has 0 atom stereocenters. The van der Waals surface area contributed by atoms with Crippen molar-refractivity contribution in [2.75, 3.05) is 6.54 Å². The Morgan fingerprint density at radius 2 is 2.29 bits per heavy atom. The molecule has 0 unspecified atom stereocenters. The summed E-state index contributed by atoms with van der Waals surface area (Å²) < 4.78 is 0. The molecule has 0 spiro atoms. The molecule has 0 aliphatic heterocycles. The topological polar surface area (TPSA) is 12.0 Å². The Bertz CT molecular complexity index is 52.0. The van der Waals surface area contributed by atoms with E-state index in [2.05, 4.69) is 4.84 Å². The Morgan fingerprint density at radius 1 is 1.57 bits per heavy atom. The Balaban J connectivity index is 1.93. The minimum absolute atomic E-state index is 0.887. The second-order valence-corrected chi connectivity index (χ2v) is 2.40. The SMILES string of the molecule is ClNCC1CCC1. The molecule has 0 radical (unpaired) electrons. The van der Waals surface area contributed by atoms with E-state index < -0.39 is 0 Å². The molecule has 1 rings (SSSR count). The Kier molecular flexibility index (Phi) is 1.95. The summed E-state index contributed by atoms with van der Waals surface area (Å²) in [5.41, 5.74) is 0. The molecular weight excluding hydrogens is 110 g/mol. The van der Waals surface area contributed by atoms with E-state index in [-0.39, 0.29) is 0 Å². The first kappa shape index (κ1) is 5.39. The molecular formula is C5H10ClN. The maximum absolute atomic E-state index is 5.26. The summed E-state index contributed by atoms with van der Waals surface area (Å²) in [6.07, 6.45) is 4.16. The van der Waals surface area contributed by atoms with Crippen LogP contribution in [-0.2, 0) is 0 Å². The van der Waals surface area contributed by atoms with Crippen molar-refractivity contribution < 1.29 is 0 Å². The summed E-state index contributed by atoms with van der Waals surface area (Å²) >= 11 is 5.26. The van der Waals surface area contributed by atoms with Gasteiger partial charge in [0.1, 0.15) is 0 Å². The van der Waals surface area contributed by atoms with Gasteiger partial charge in [-0.3, -0.25) is 0 Å². The van der Waals surface area contributed by atoms with Crippen LogP contribution >= 0.6 is 11.8 Å². The van der Waals surface area contributed by atoms with E-state index in [1.807, 2.05) is 0 Å². The van der Waals surface area contributed by atoms with Crippen LogP contribution in [0.4, 0.5) is 0 Å². The summed E-state index contributed by atoms with van der Waals surface area (Å²) in [5.74, 6) is 0.887. The quantitative estimate of drug-likeness (QED) is 0.544. The minimum Gasteiger partial charge on any atom is -0.233 e. The molecule has 1 aliphatic carbocycles. The molecule has 0 heterocycles. The summed E-state index contributed by atoms with van der Waals surface area (Å²) in [4.78, 5) is 2.64. The van der Waals surface area contributed by atoms with Crippen molar-refractivity contribution in [2.24, 2.45) is 5.92 Å². The lowest BCUT2D eigenvalue weighted by atomic mass is 9.86. The van der Waals surface area contributed by atoms with Crippen LogP contribution in [0.5, 0.6) is 0 Å². The molecule has 0 aromatic heterocycles. The van der Waals surface area contributed by atoms with Crippen molar-refractivity contribution in [2.45, 2.75) is 19.3 Å². The van der Waals surface area contributed by atoms with Crippen LogP contribution in [0.2, 0.25) is 0 Å². The average Bonchev–Trinajstić information content (AvgIpc) is 1.55. The number of hydrogen-bond donors (Lipinski definition) is 1. The van der Waals surface area contributed by atoms with Crippen LogP contribution in [0, 0.1) is 5.92 Å². The summed E-state index contributed by atoms with van der Waals surface area (Å²) in [6.45, 7) is 1.00. The molecule has 0 saturated heterocycles. The van der Waals surface area contributed by atoms with Gasteiger partial charge in [-0.2, -0.15) is 0 Å². The summed E-state index contributed by atoms with van der Waals surface area (Å²) in [5, 5.41) is 0. The van der Waals surface area contributed by atoms with Crippen LogP contribution < -0.4 is 4.84 Å². The zero-order chi connectivity index (χ0) is 5.11. The van der Waals surface area contributed by atoms with E-state index in [1.54, 1.807) is 0 Å². The third kappa shape index (κ3) is 1.32. The second kappa shape index (κ2) is 2.53. The van der Waals surface area contributed by atoms with Gasteiger partial charge in [0.25, 0.3) is 0 Å². The molecule has 0 aromatic rings. The largest absolute Gasteiger partial charge is 0.233 e. The lowest BCUT2D eigenvalue weighted by Gasteiger charge is -2.23. The highest BCUT2D eigenvalue weighted by Crippen LogP contribution is 2.25. The predicted molar refractivity (Wildman–Crippen MR) is 31.2 cm³/mol. The summed E-state index contributed by atoms with van der Waals surface area (Å²) in [7, 11) is 0. The predicted octanol–water partition coefficient (Wildman–Crippen LogP) is 1.53. The number of nitrogens with one attached hydrogen (secondary N) is 1. The molecule has 0 aromatic carbocycles. The van der Waals surface area contributed by atoms with Crippen molar-refractivity contribution in [3.63, 3.8) is 0 Å². The highest BCUT2D eigenvalue weighted by Gasteiger charge is 2.15. The molecule has 1 nitrogen and oxygen atoms in total. The monoisotopic (exact) mass is 119 g/mol. The maximum atomic E-state index is 5.26. The Hall–Kier alpha value is 0.250. The first-order valence-corrected chi connectivity index (χ1v) is 3.15. The van der Waals surface area contributed by atoms with Gasteiger partial charge in [-0.15, -0.1) is 0 Å². The van der Waals surface area contributed by atoms with Gasteiger partial charge in [-0.1, -0.05) is 6.42 Å². The lowest BCUT2D eigenvalue weighted by molar-refractivity contribution is 0.318. The van der Waals surface area contributed by atoms with Crippen molar-refractivity contribution in [3.05, 3.63) is 0 Å². The van der Waals surface area contributed by atoms with Crippen LogP contribution in [-0.4, -0.2) is 6.54 Å². The highest BCUT2D eigenvalue weighted by atomic mass is 35.5. The van der Waals surface area contributed by atoms with E-state index in [0.29, 0.717) is 0 Å². The molecule has 2 heteroatoms. The van der Waals surface area contributed by atoms with Gasteiger partial charge in [0.05, 0.1) is 0 Å². The van der Waals surface area contributed by atoms with Crippen molar-refractivity contribution in [3.8, 4) is 0 Å². The fourth-order valence-electron chi connectivity index (χ4n) is 0.806. The first-order valence-electron chi connectivity index (χ1n) is 2.77. The van der Waals surface area contributed by atoms with Gasteiger partial charge in [-0.25, -0.2) is 4.84 Å². The average molecular weight is 120 g/mol. The zero-order valence-electron chi connectivity index (χ0n) is 4.28. The number of halogens is 1. The van der Waals surface area contributed by atoms with E-state index >= 15 is 0 Å². The van der Waals surface area contributed by atoms with Crippen LogP contribution in [0.15, 0.2) is 0 Å². The second-order valence-electron chi connectivity index (χ2n) is 2.13. The molecule has 7 heavy (non-hydrogen) atoms. The van der Waals surface area contributed by atoms with Crippen molar-refractivity contribution in [1.82, 2.24) is 4.84 Å². The molecule has 1 fully saturated rings. The maximum Gasteiger partial charge on any atom is 0.0136 e. The molecule has 1 saturated carbocycles. The molecule has 1 aliphatic rings. The minimum atomic E-state index is 0.887. The molecule has 42 valence electrons. The van der Waals surface area contributed by atoms with Crippen molar-refractivity contribution in [1.29, 1.82) is 0 Å². The van der Waals surface area contributed by atoms with Crippen LogP contribution in [0.3, 0.4) is 0 Å². The van der Waals surface area contributed by atoms with Gasteiger partial charge >= 0.3 is 0 Å². The van der Waals surface area contributed by atoms with Gasteiger partial charge in [-0.05, 0) is 30.5 Å². The standard InChI is InChI=1S/C5H10ClN/c6-7-4-5-2-1-3-5/h5,7H,1-4H2. The fourth-order valence-corrected chi connectivity index (χ4v) is 1.02. The third-order valence-corrected chi connectivity index (χ3v) is 1.74. The van der Waals surface area contributed by atoms with Gasteiger partial charge in [0, 0.05) is 6.54 Å². The zero-order valence-corrected chi connectivity index (χ0v) is 5.04. The molecule has 0 amide bonds. The smallest absolute Gasteiger partial charge is 0.0136 e. The van der Waals surface area contributed by atoms with Gasteiger partial charge < -0.3 is 0 Å². The Labute approximate surface area is 49.2 Å². The van der Waals surface area contributed by atoms with E-state index in [4.69, 9.17) is 11.8 Å². The van der Waals surface area contributed by atoms with Gasteiger partial charge in [0.2, 0.25) is 0 Å². The van der Waals surface area contributed by atoms with E-state index in [0.717, 1.165) is 12.5 Å². The Morgan fingerprint density at radius 3 is 2.43 bits per heavy atom. The molecule has 0 bridgehead atoms. The number of hydrogen-bond acceptors (Lipinski definition) is 1. The summed E-state index contributed by atoms with van der Waals surface area (Å²) in [6, 6.07) is 0. The molecule has 1 N–H and O–H groups in total. The normalized spacial score (nSPS) is 21.9. The lowest BCUT2D eigenvalue weighted by Crippen LogP contribution is -2.21. The number of rotatable bonds is 2.